The second-order valence-corrected chi connectivity index (χ2v) is 4.89. The maximum Gasteiger partial charge on any atom is 0.402 e. The number of aryl methyl sites for hydroxylation is 2. The van der Waals surface area contributed by atoms with Crippen LogP contribution in [0.1, 0.15) is 11.3 Å². The molecule has 0 saturated heterocycles. The van der Waals surface area contributed by atoms with E-state index in [2.05, 4.69) is 23.0 Å². The molecule has 1 aromatic carbocycles. The van der Waals surface area contributed by atoms with E-state index in [-0.39, 0.29) is 0 Å². The Hall–Kier alpha value is -1.59. The number of rotatable bonds is 1. The zero-order chi connectivity index (χ0) is 13.7. The number of carboxylic acid groups (broad SMARTS) is 1. The lowest BCUT2D eigenvalue weighted by atomic mass is 10.1. The normalized spacial score (nSPS) is 9.50. The maximum atomic E-state index is 8.78. The number of carbonyl (C=O) groups is 1. The number of thiazole rings is 1. The molecule has 1 amide bonds. The molecule has 0 aliphatic rings. The van der Waals surface area contributed by atoms with Crippen LogP contribution in [-0.4, -0.2) is 16.2 Å². The van der Waals surface area contributed by atoms with Gasteiger partial charge in [0.15, 0.2) is 0 Å². The predicted molar refractivity (Wildman–Crippen MR) is 74.2 cm³/mol. The molecule has 2 aromatic rings. The largest absolute Gasteiger partial charge is 0.465 e. The van der Waals surface area contributed by atoms with Crippen LogP contribution < -0.4 is 5.73 Å². The fourth-order valence-electron chi connectivity index (χ4n) is 1.34. The average Bonchev–Trinajstić information content (AvgIpc) is 2.63. The maximum absolute atomic E-state index is 8.78. The highest BCUT2D eigenvalue weighted by Gasteiger charge is 2.05. The fraction of sp³-hybridized carbons (Fsp3) is 0.167. The zero-order valence-electron chi connectivity index (χ0n) is 9.98. The predicted octanol–water partition coefficient (Wildman–Crippen LogP) is 3.70. The van der Waals surface area contributed by atoms with Crippen molar-refractivity contribution in [3.8, 4) is 10.6 Å². The van der Waals surface area contributed by atoms with Gasteiger partial charge in [-0.15, -0.1) is 11.3 Å². The Morgan fingerprint density at radius 3 is 2.50 bits per heavy atom. The molecule has 6 heteroatoms. The lowest BCUT2D eigenvalue weighted by molar-refractivity contribution is 0.205. The summed E-state index contributed by atoms with van der Waals surface area (Å²) >= 11 is 7.56. The van der Waals surface area contributed by atoms with E-state index in [4.69, 9.17) is 21.5 Å². The van der Waals surface area contributed by atoms with Gasteiger partial charge in [0.2, 0.25) is 0 Å². The zero-order valence-corrected chi connectivity index (χ0v) is 11.5. The van der Waals surface area contributed by atoms with Crippen molar-refractivity contribution in [2.45, 2.75) is 13.8 Å². The number of nitrogens with zero attached hydrogens (tertiary/aromatic N) is 1. The van der Waals surface area contributed by atoms with Gasteiger partial charge in [0, 0.05) is 21.7 Å². The molecule has 96 valence electrons. The lowest BCUT2D eigenvalue weighted by Crippen LogP contribution is -2.03. The second-order valence-electron chi connectivity index (χ2n) is 3.59. The third-order valence-electron chi connectivity index (χ3n) is 2.04. The Balaban J connectivity index is 0.000000357. The molecule has 0 spiro atoms. The van der Waals surface area contributed by atoms with Crippen LogP contribution in [0, 0.1) is 13.8 Å². The van der Waals surface area contributed by atoms with Crippen LogP contribution in [0.4, 0.5) is 4.79 Å². The molecule has 0 aliphatic carbocycles. The van der Waals surface area contributed by atoms with Gasteiger partial charge in [0.1, 0.15) is 5.01 Å². The van der Waals surface area contributed by atoms with Crippen LogP contribution in [0.25, 0.3) is 10.6 Å². The standard InChI is InChI=1S/C11H10ClNS.CH3NO2/c1-7-5-9(12)3-4-10(7)11-13-8(2)6-14-11;2-1(3)4/h3-6H,1-2H3;2H2,(H,3,4). The molecule has 0 radical (unpaired) electrons. The van der Waals surface area contributed by atoms with Gasteiger partial charge >= 0.3 is 6.09 Å². The molecule has 0 unspecified atom stereocenters. The van der Waals surface area contributed by atoms with Crippen LogP contribution in [0.2, 0.25) is 5.02 Å². The smallest absolute Gasteiger partial charge is 0.402 e. The molecule has 0 aliphatic heterocycles. The summed E-state index contributed by atoms with van der Waals surface area (Å²) in [4.78, 5) is 13.2. The first-order valence-electron chi connectivity index (χ1n) is 5.07. The minimum atomic E-state index is -1.33. The van der Waals surface area contributed by atoms with E-state index in [1.165, 1.54) is 11.1 Å². The summed E-state index contributed by atoms with van der Waals surface area (Å²) in [5.74, 6) is 0. The Bertz CT molecular complexity index is 551. The van der Waals surface area contributed by atoms with Gasteiger partial charge in [-0.25, -0.2) is 9.78 Å². The third kappa shape index (κ3) is 4.35. The molecule has 0 saturated carbocycles. The van der Waals surface area contributed by atoms with E-state index >= 15 is 0 Å². The minimum Gasteiger partial charge on any atom is -0.465 e. The van der Waals surface area contributed by atoms with Crippen LogP contribution in [-0.2, 0) is 0 Å². The van der Waals surface area contributed by atoms with E-state index in [0.29, 0.717) is 0 Å². The first kappa shape index (κ1) is 14.5. The van der Waals surface area contributed by atoms with Crippen LogP contribution >= 0.6 is 22.9 Å². The Morgan fingerprint density at radius 1 is 1.44 bits per heavy atom. The molecular weight excluding hydrogens is 272 g/mol. The van der Waals surface area contributed by atoms with Gasteiger partial charge in [-0.2, -0.15) is 0 Å². The quantitative estimate of drug-likeness (QED) is 0.838. The van der Waals surface area contributed by atoms with E-state index in [1.54, 1.807) is 11.3 Å². The summed E-state index contributed by atoms with van der Waals surface area (Å²) in [7, 11) is 0. The number of aromatic nitrogens is 1. The van der Waals surface area contributed by atoms with Crippen molar-refractivity contribution in [1.29, 1.82) is 0 Å². The van der Waals surface area contributed by atoms with Crippen molar-refractivity contribution in [3.05, 3.63) is 39.9 Å². The van der Waals surface area contributed by atoms with Crippen molar-refractivity contribution >= 4 is 29.0 Å². The van der Waals surface area contributed by atoms with Gasteiger partial charge in [0.25, 0.3) is 0 Å². The van der Waals surface area contributed by atoms with E-state index in [9.17, 15) is 0 Å². The summed E-state index contributed by atoms with van der Waals surface area (Å²) in [6.45, 7) is 4.06. The Labute approximate surface area is 114 Å². The van der Waals surface area contributed by atoms with Crippen molar-refractivity contribution in [1.82, 2.24) is 4.98 Å². The Morgan fingerprint density at radius 2 is 2.06 bits per heavy atom. The number of hydrogen-bond donors (Lipinski definition) is 2. The van der Waals surface area contributed by atoms with Crippen LogP contribution in [0.15, 0.2) is 23.6 Å². The molecule has 0 fully saturated rings. The monoisotopic (exact) mass is 284 g/mol. The van der Waals surface area contributed by atoms with E-state index in [0.717, 1.165) is 15.7 Å². The highest BCUT2D eigenvalue weighted by Crippen LogP contribution is 2.28. The first-order valence-corrected chi connectivity index (χ1v) is 6.33. The number of nitrogens with two attached hydrogens (primary N) is 1. The summed E-state index contributed by atoms with van der Waals surface area (Å²) in [6, 6.07) is 5.89. The topological polar surface area (TPSA) is 76.2 Å². The van der Waals surface area contributed by atoms with Gasteiger partial charge in [-0.3, -0.25) is 0 Å². The Kier molecular flexibility index (Phi) is 5.12. The summed E-state index contributed by atoms with van der Waals surface area (Å²) < 4.78 is 0. The molecule has 4 nitrogen and oxygen atoms in total. The first-order chi connectivity index (χ1) is 8.40. The number of amides is 1. The van der Waals surface area contributed by atoms with Gasteiger partial charge in [0.05, 0.1) is 0 Å². The average molecular weight is 285 g/mol. The van der Waals surface area contributed by atoms with Crippen LogP contribution in [0.5, 0.6) is 0 Å². The molecule has 3 N–H and O–H groups in total. The number of halogens is 1. The van der Waals surface area contributed by atoms with Crippen molar-refractivity contribution in [2.75, 3.05) is 0 Å². The number of hydrogen-bond acceptors (Lipinski definition) is 3. The molecule has 1 aromatic heterocycles. The second kappa shape index (κ2) is 6.37. The highest BCUT2D eigenvalue weighted by molar-refractivity contribution is 7.13. The van der Waals surface area contributed by atoms with Crippen LogP contribution in [0.3, 0.4) is 0 Å². The molecule has 2 rings (SSSR count). The fourth-order valence-corrected chi connectivity index (χ4v) is 2.46. The van der Waals surface area contributed by atoms with Gasteiger partial charge in [-0.1, -0.05) is 17.7 Å². The van der Waals surface area contributed by atoms with Gasteiger partial charge in [-0.05, 0) is 31.5 Å². The molecule has 0 atom stereocenters. The third-order valence-corrected chi connectivity index (χ3v) is 3.27. The summed E-state index contributed by atoms with van der Waals surface area (Å²) in [5, 5.41) is 11.1. The number of primary amides is 1. The van der Waals surface area contributed by atoms with Crippen molar-refractivity contribution < 1.29 is 9.90 Å². The molecule has 1 heterocycles. The molecule has 0 bridgehead atoms. The SMILES string of the molecule is Cc1csc(-c2ccc(Cl)cc2C)n1.NC(=O)O. The lowest BCUT2D eigenvalue weighted by Gasteiger charge is -2.01. The molecular formula is C12H13ClN2O2S. The molecule has 18 heavy (non-hydrogen) atoms. The summed E-state index contributed by atoms with van der Waals surface area (Å²) in [5.41, 5.74) is 7.44. The van der Waals surface area contributed by atoms with E-state index < -0.39 is 6.09 Å². The number of benzene rings is 1. The van der Waals surface area contributed by atoms with Crippen molar-refractivity contribution in [3.63, 3.8) is 0 Å². The summed E-state index contributed by atoms with van der Waals surface area (Å²) in [6.07, 6.45) is -1.33. The highest BCUT2D eigenvalue weighted by atomic mass is 35.5. The van der Waals surface area contributed by atoms with Crippen molar-refractivity contribution in [2.24, 2.45) is 5.73 Å². The van der Waals surface area contributed by atoms with E-state index in [1.807, 2.05) is 25.1 Å². The van der Waals surface area contributed by atoms with Gasteiger partial charge < -0.3 is 10.8 Å². The minimum absolute atomic E-state index is 0.777.